The van der Waals surface area contributed by atoms with Gasteiger partial charge in [0.25, 0.3) is 0 Å². The van der Waals surface area contributed by atoms with Gasteiger partial charge in [-0.15, -0.1) is 11.3 Å². The Morgan fingerprint density at radius 1 is 1.01 bits per heavy atom. The van der Waals surface area contributed by atoms with E-state index >= 15 is 0 Å². The summed E-state index contributed by atoms with van der Waals surface area (Å²) in [6.45, 7) is 20.8. The van der Waals surface area contributed by atoms with Crippen LogP contribution in [0.3, 0.4) is 0 Å². The summed E-state index contributed by atoms with van der Waals surface area (Å²) in [7, 11) is 7.62. The number of ether oxygens (including phenoxy) is 6. The van der Waals surface area contributed by atoms with Crippen molar-refractivity contribution in [3.63, 3.8) is 0 Å². The van der Waals surface area contributed by atoms with Crippen LogP contribution in [0.2, 0.25) is 0 Å². The number of carbonyl (C=O) groups is 1. The molecule has 0 saturated carbocycles. The second-order valence-corrected chi connectivity index (χ2v) is 23.5. The summed E-state index contributed by atoms with van der Waals surface area (Å²) in [5.41, 5.74) is 4.55. The molecular weight excluding hydrogens is 915 g/mol. The second-order valence-electron chi connectivity index (χ2n) is 22.3. The lowest BCUT2D eigenvalue weighted by Gasteiger charge is -2.50. The normalized spacial score (nSPS) is 41.5. The predicted molar refractivity (Wildman–Crippen MR) is 272 cm³/mol. The first-order valence-electron chi connectivity index (χ1n) is 25.7. The van der Waals surface area contributed by atoms with Crippen LogP contribution in [-0.4, -0.2) is 155 Å². The number of carbonyl (C=O) groups excluding carboxylic acids is 1. The molecule has 0 radical (unpaired) electrons. The number of aliphatic hydroxyl groups excluding tert-OH is 2. The molecule has 0 amide bonds. The number of rotatable bonds is 11. The van der Waals surface area contributed by atoms with E-state index < -0.39 is 83.6 Å². The zero-order valence-electron chi connectivity index (χ0n) is 44.5. The number of aromatic nitrogens is 1. The highest BCUT2D eigenvalue weighted by molar-refractivity contribution is 7.15. The molecule has 70 heavy (non-hydrogen) atoms. The third kappa shape index (κ3) is 12.9. The lowest BCUT2D eigenvalue weighted by Crippen LogP contribution is -2.59. The van der Waals surface area contributed by atoms with E-state index in [2.05, 4.69) is 37.7 Å². The van der Waals surface area contributed by atoms with Crippen molar-refractivity contribution in [3.05, 3.63) is 35.2 Å². The number of nitrogens with zero attached hydrogens (tertiary/aromatic N) is 4. The van der Waals surface area contributed by atoms with Crippen molar-refractivity contribution >= 4 is 28.8 Å². The van der Waals surface area contributed by atoms with Gasteiger partial charge in [0.05, 0.1) is 52.2 Å². The van der Waals surface area contributed by atoms with Gasteiger partial charge in [0.2, 0.25) is 0 Å². The van der Waals surface area contributed by atoms with Crippen molar-refractivity contribution in [3.8, 4) is 10.6 Å². The standard InChI is InChI=1S/C53H87N5O11S/c1-15-42-53(10,62)38-21-19-36(56-64-29-37-20-22-41(70-37)39-17-16-18-43(54)55-39)23-24-51(8,26-31(3)58(13)28-30(38)2)48(69-50-45(59)40(57(11)12)25-32(4)65-50)33(5)46(34(6)49(61)67-42)68-44-27-52(9,63-14)47(60)35(7)66-44/h16-18,20,22,30-35,38,40,42,44-48,50,59-60,62H,15,19,21,23-29H2,1-14H3,(H2,54,55)/b56-36+/t30-,31+,32+,33-,34+,35-,38+,40-,42+,44-,45+,46-,47-,48+,50-,51+,52+,53-/m0/s1. The molecule has 7 heterocycles. The molecule has 5 aliphatic rings. The van der Waals surface area contributed by atoms with E-state index in [1.54, 1.807) is 31.4 Å². The Morgan fingerprint density at radius 3 is 2.41 bits per heavy atom. The van der Waals surface area contributed by atoms with Gasteiger partial charge in [0.1, 0.15) is 29.7 Å². The molecule has 17 heteroatoms. The largest absolute Gasteiger partial charge is 0.459 e. The van der Waals surface area contributed by atoms with E-state index in [1.165, 1.54) is 0 Å². The molecule has 7 rings (SSSR count). The number of pyridine rings is 1. The summed E-state index contributed by atoms with van der Waals surface area (Å²) < 4.78 is 39.8. The Balaban J connectivity index is 1.48. The Kier molecular flexibility index (Phi) is 19.0. The number of fused-ring (bicyclic) bond motifs is 15. The van der Waals surface area contributed by atoms with Gasteiger partial charge in [-0.3, -0.25) is 4.79 Å². The van der Waals surface area contributed by atoms with Gasteiger partial charge >= 0.3 is 5.97 Å². The number of oxime groups is 1. The first-order valence-corrected chi connectivity index (χ1v) is 26.5. The van der Waals surface area contributed by atoms with Crippen LogP contribution in [0.25, 0.3) is 10.6 Å². The molecular formula is C53H87N5O11S. The molecule has 396 valence electrons. The molecule has 2 aromatic heterocycles. The molecule has 16 nitrogen and oxygen atoms in total. The molecule has 2 aromatic rings. The van der Waals surface area contributed by atoms with Crippen LogP contribution in [0.4, 0.5) is 5.82 Å². The summed E-state index contributed by atoms with van der Waals surface area (Å²) in [5.74, 6) is -1.82. The fraction of sp³-hybridized carbons (Fsp3) is 0.792. The second kappa shape index (κ2) is 23.6. The zero-order chi connectivity index (χ0) is 51.5. The lowest BCUT2D eigenvalue weighted by molar-refractivity contribution is -0.314. The number of anilines is 1. The molecule has 0 aliphatic carbocycles. The molecule has 5 N–H and O–H groups in total. The summed E-state index contributed by atoms with van der Waals surface area (Å²) in [6.07, 6.45) is -3.02. The average Bonchev–Trinajstić information content (AvgIpc) is 3.78. The van der Waals surface area contributed by atoms with Crippen molar-refractivity contribution in [2.24, 2.45) is 34.2 Å². The average molecular weight is 1000 g/mol. The van der Waals surface area contributed by atoms with Crippen LogP contribution in [0, 0.1) is 29.1 Å². The maximum atomic E-state index is 14.9. The van der Waals surface area contributed by atoms with E-state index in [9.17, 15) is 20.1 Å². The molecule has 5 aliphatic heterocycles. The molecule has 18 atom stereocenters. The predicted octanol–water partition coefficient (Wildman–Crippen LogP) is 7.26. The number of thiophene rings is 1. The number of nitrogen functional groups attached to an aromatic ring is 1. The molecule has 0 unspecified atom stereocenters. The Bertz CT molecular complexity index is 2040. The minimum absolute atomic E-state index is 0.0220. The lowest BCUT2D eigenvalue weighted by atomic mass is 9.67. The van der Waals surface area contributed by atoms with E-state index in [1.807, 2.05) is 84.8 Å². The number of aliphatic hydroxyl groups is 3. The smallest absolute Gasteiger partial charge is 0.311 e. The van der Waals surface area contributed by atoms with Crippen LogP contribution in [0.1, 0.15) is 125 Å². The number of methoxy groups -OCH3 is 1. The number of hydrogen-bond acceptors (Lipinski definition) is 17. The fourth-order valence-corrected chi connectivity index (χ4v) is 12.9. The maximum absolute atomic E-state index is 14.9. The highest BCUT2D eigenvalue weighted by atomic mass is 32.1. The van der Waals surface area contributed by atoms with Gasteiger partial charge in [-0.2, -0.15) is 0 Å². The fourth-order valence-electron chi connectivity index (χ4n) is 12.0. The van der Waals surface area contributed by atoms with Crippen LogP contribution < -0.4 is 5.73 Å². The number of esters is 1. The van der Waals surface area contributed by atoms with Crippen molar-refractivity contribution in [2.45, 2.75) is 206 Å². The minimum atomic E-state index is -1.43. The number of nitrogens with two attached hydrogens (primary N) is 1. The first kappa shape index (κ1) is 56.5. The van der Waals surface area contributed by atoms with Gasteiger partial charge < -0.3 is 64.1 Å². The van der Waals surface area contributed by atoms with Crippen molar-refractivity contribution in [1.29, 1.82) is 0 Å². The van der Waals surface area contributed by atoms with E-state index in [0.29, 0.717) is 57.3 Å². The van der Waals surface area contributed by atoms with E-state index in [4.69, 9.17) is 44.1 Å². The van der Waals surface area contributed by atoms with Gasteiger partial charge in [0, 0.05) is 43.0 Å². The van der Waals surface area contributed by atoms with E-state index in [0.717, 1.165) is 21.2 Å². The highest BCUT2D eigenvalue weighted by Gasteiger charge is 2.53. The molecule has 0 spiro atoms. The van der Waals surface area contributed by atoms with Gasteiger partial charge in [-0.25, -0.2) is 4.98 Å². The van der Waals surface area contributed by atoms with Crippen molar-refractivity contribution in [2.75, 3.05) is 40.5 Å². The third-order valence-corrected chi connectivity index (χ3v) is 17.6. The van der Waals surface area contributed by atoms with Crippen molar-refractivity contribution in [1.82, 2.24) is 14.8 Å². The summed E-state index contributed by atoms with van der Waals surface area (Å²) >= 11 is 1.58. The maximum Gasteiger partial charge on any atom is 0.311 e. The number of likely N-dealkylation sites (N-methyl/N-ethyl adjacent to an activating group) is 1. The van der Waals surface area contributed by atoms with Gasteiger partial charge in [-0.1, -0.05) is 38.9 Å². The quantitative estimate of drug-likeness (QED) is 0.129. The van der Waals surface area contributed by atoms with Gasteiger partial charge in [0.15, 0.2) is 19.2 Å². The molecule has 2 bridgehead atoms. The number of hydrogen-bond donors (Lipinski definition) is 4. The zero-order valence-corrected chi connectivity index (χ0v) is 45.3. The van der Waals surface area contributed by atoms with Crippen LogP contribution >= 0.6 is 11.3 Å². The SMILES string of the molecule is CC[C@H]1OC(=O)[C@H](C)[C@@H](O[C@H]2C[C@@](C)(OC)[C@@H](O)[C@H](C)O2)[C@H](C)[C@@H](O[C@@H]2O[C@H](C)C[C@H](N(C)C)[C@H]2O)[C@]2(C)CC/C(=N/OCc3ccc(-c4cccc(N)n4)s3)CC[C@H]([C@@H](C)CN(C)[C@H](C)C2)[C@]1(C)O. The van der Waals surface area contributed by atoms with Crippen LogP contribution in [0.5, 0.6) is 0 Å². The molecule has 5 fully saturated rings. The topological polar surface area (TPSA) is 200 Å². The summed E-state index contributed by atoms with van der Waals surface area (Å²) in [4.78, 5) is 32.0. The Hall–Kier alpha value is -2.81. The first-order chi connectivity index (χ1) is 32.9. The highest BCUT2D eigenvalue weighted by Crippen LogP contribution is 2.47. The van der Waals surface area contributed by atoms with Crippen LogP contribution in [0.15, 0.2) is 35.5 Å². The monoisotopic (exact) mass is 1000 g/mol. The summed E-state index contributed by atoms with van der Waals surface area (Å²) in [6, 6.07) is 9.42. The van der Waals surface area contributed by atoms with Crippen LogP contribution in [-0.2, 0) is 44.7 Å². The van der Waals surface area contributed by atoms with Gasteiger partial charge in [-0.05, 0) is 149 Å². The Morgan fingerprint density at radius 2 is 1.74 bits per heavy atom. The van der Waals surface area contributed by atoms with Crippen molar-refractivity contribution < 1.29 is 53.4 Å². The minimum Gasteiger partial charge on any atom is -0.459 e. The molecule has 5 saturated heterocycles. The van der Waals surface area contributed by atoms with E-state index in [-0.39, 0.29) is 43.1 Å². The Labute approximate surface area is 421 Å². The third-order valence-electron chi connectivity index (χ3n) is 16.5. The molecule has 0 aromatic carbocycles. The summed E-state index contributed by atoms with van der Waals surface area (Å²) in [5, 5.41) is 41.1.